The van der Waals surface area contributed by atoms with Gasteiger partial charge in [0.25, 0.3) is 0 Å². The quantitative estimate of drug-likeness (QED) is 0.593. The Morgan fingerprint density at radius 2 is 1.25 bits per heavy atom. The molecule has 0 saturated carbocycles. The molecule has 0 nitrogen and oxygen atoms in total. The molecule has 0 N–H and O–H groups in total. The van der Waals surface area contributed by atoms with E-state index in [4.69, 9.17) is 0 Å². The minimum absolute atomic E-state index is 0. The van der Waals surface area contributed by atoms with E-state index in [9.17, 15) is 0 Å². The van der Waals surface area contributed by atoms with Crippen LogP contribution in [0.25, 0.3) is 0 Å². The van der Waals surface area contributed by atoms with E-state index in [2.05, 4.69) is 27.2 Å². The van der Waals surface area contributed by atoms with Gasteiger partial charge < -0.3 is 0 Å². The van der Waals surface area contributed by atoms with Crippen LogP contribution >= 0.6 is 27.2 Å². The van der Waals surface area contributed by atoms with Gasteiger partial charge in [-0.2, -0.15) is 0 Å². The molecule has 0 unspecified atom stereocenters. The molecule has 0 atom stereocenters. The van der Waals surface area contributed by atoms with Crippen LogP contribution in [-0.4, -0.2) is 0 Å². The second kappa shape index (κ2) is 8.98. The first-order valence-corrected chi connectivity index (χ1v) is 14.4. The molecule has 4 heteroatoms. The van der Waals surface area contributed by atoms with E-state index >= 15 is 0 Å². The Bertz CT molecular complexity index is 6.00. The SMILES string of the molecule is [Br][Zn][Br].[Pd]. The van der Waals surface area contributed by atoms with Crippen LogP contribution < -0.4 is 0 Å². The number of rotatable bonds is 0. The molecule has 0 spiro atoms. The Kier molecular flexibility index (Phi) is 21.4. The summed E-state index contributed by atoms with van der Waals surface area (Å²) in [5.41, 5.74) is 0. The smallest absolute Gasteiger partial charge is 0 e. The normalized spacial score (nSPS) is 2.50. The summed E-state index contributed by atoms with van der Waals surface area (Å²) >= 11 is 6.25. The van der Waals surface area contributed by atoms with Crippen molar-refractivity contribution in [1.82, 2.24) is 0 Å². The van der Waals surface area contributed by atoms with Gasteiger partial charge in [-0.25, -0.2) is 0 Å². The summed E-state index contributed by atoms with van der Waals surface area (Å²) in [5, 5.41) is 0. The average molecular weight is 332 g/mol. The minimum atomic E-state index is -0.250. The summed E-state index contributed by atoms with van der Waals surface area (Å²) in [6, 6.07) is 0. The Hall–Kier alpha value is 2.25. The number of hydrogen-bond acceptors (Lipinski definition) is 0. The summed E-state index contributed by atoms with van der Waals surface area (Å²) in [6.45, 7) is 0. The summed E-state index contributed by atoms with van der Waals surface area (Å²) < 4.78 is 0. The maximum Gasteiger partial charge on any atom is 0 e. The molecule has 0 aromatic heterocycles. The molecule has 0 aliphatic carbocycles. The summed E-state index contributed by atoms with van der Waals surface area (Å²) in [4.78, 5) is 0. The van der Waals surface area contributed by atoms with Crippen molar-refractivity contribution < 1.29 is 33.6 Å². The van der Waals surface area contributed by atoms with Crippen molar-refractivity contribution in [3.05, 3.63) is 0 Å². The Morgan fingerprint density at radius 3 is 1.25 bits per heavy atom. The van der Waals surface area contributed by atoms with Gasteiger partial charge in [0, 0.05) is 20.4 Å². The molecule has 0 radical (unpaired) electrons. The molecule has 0 amide bonds. The zero-order valence-electron chi connectivity index (χ0n) is 1.78. The van der Waals surface area contributed by atoms with E-state index < -0.39 is 0 Å². The molecule has 0 aliphatic rings. The Morgan fingerprint density at radius 1 is 1.25 bits per heavy atom. The van der Waals surface area contributed by atoms with E-state index in [0.29, 0.717) is 0 Å². The van der Waals surface area contributed by atoms with Crippen molar-refractivity contribution in [2.45, 2.75) is 0 Å². The van der Waals surface area contributed by atoms with Crippen LogP contribution in [0.15, 0.2) is 0 Å². The first-order chi connectivity index (χ1) is 1.41. The van der Waals surface area contributed by atoms with Crippen LogP contribution in [0.5, 0.6) is 0 Å². The van der Waals surface area contributed by atoms with Crippen molar-refractivity contribution in [3.8, 4) is 0 Å². The zero-order valence-corrected chi connectivity index (χ0v) is 9.47. The third-order valence-corrected chi connectivity index (χ3v) is 0. The molecule has 0 saturated heterocycles. The number of halogens is 2. The first kappa shape index (κ1) is 9.53. The van der Waals surface area contributed by atoms with Crippen LogP contribution in [0, 0.1) is 0 Å². The largest absolute Gasteiger partial charge is 0 e. The van der Waals surface area contributed by atoms with E-state index in [1.54, 1.807) is 0 Å². The predicted octanol–water partition coefficient (Wildman–Crippen LogP) is 1.69. The van der Waals surface area contributed by atoms with E-state index in [-0.39, 0.29) is 33.6 Å². The third kappa shape index (κ3) is 8.87. The average Bonchev–Trinajstić information content (AvgIpc) is 0.918. The molecule has 0 aromatic rings. The molecule has 0 aliphatic heterocycles. The van der Waals surface area contributed by atoms with Gasteiger partial charge in [0.2, 0.25) is 0 Å². The standard InChI is InChI=1S/2BrH.Pd.Zn/h2*1H;;/q;;;+2/p-2. The van der Waals surface area contributed by atoms with Crippen molar-refractivity contribution in [2.75, 3.05) is 0 Å². The Labute approximate surface area is 60.1 Å². The fourth-order valence-electron chi connectivity index (χ4n) is 0. The Balaban J connectivity index is 0. The van der Waals surface area contributed by atoms with Crippen LogP contribution in [0.4, 0.5) is 0 Å². The molecule has 0 aromatic carbocycles. The van der Waals surface area contributed by atoms with E-state index in [1.807, 2.05) is 0 Å². The fraction of sp³-hybridized carbons (Fsp3) is 0. The van der Waals surface area contributed by atoms with E-state index in [0.717, 1.165) is 0 Å². The van der Waals surface area contributed by atoms with E-state index in [1.165, 1.54) is 0 Å². The molecule has 0 heterocycles. The molecule has 26 valence electrons. The van der Waals surface area contributed by atoms with Crippen molar-refractivity contribution in [3.63, 3.8) is 0 Å². The molecular weight excluding hydrogens is 332 g/mol. The van der Waals surface area contributed by atoms with Crippen LogP contribution in [0.1, 0.15) is 0 Å². The van der Waals surface area contributed by atoms with Gasteiger partial charge in [-0.15, -0.1) is 0 Å². The zero-order chi connectivity index (χ0) is 2.71. The second-order valence-corrected chi connectivity index (χ2v) is 14.2. The maximum atomic E-state index is 3.25. The fourth-order valence-corrected chi connectivity index (χ4v) is 0. The molecule has 0 bridgehead atoms. The second-order valence-electron chi connectivity index (χ2n) is 0.101. The van der Waals surface area contributed by atoms with Gasteiger partial charge in [-0.05, 0) is 0 Å². The summed E-state index contributed by atoms with van der Waals surface area (Å²) in [6.07, 6.45) is 0. The van der Waals surface area contributed by atoms with Crippen molar-refractivity contribution >= 4 is 27.2 Å². The molecule has 0 rings (SSSR count). The first-order valence-electron chi connectivity index (χ1n) is 0.535. The molecule has 0 fully saturated rings. The van der Waals surface area contributed by atoms with Crippen molar-refractivity contribution in [1.29, 1.82) is 0 Å². The molecule has 4 heavy (non-hydrogen) atoms. The van der Waals surface area contributed by atoms with Crippen LogP contribution in [0.2, 0.25) is 0 Å². The number of hydrogen-bond donors (Lipinski definition) is 0. The maximum absolute atomic E-state index is 3.25. The predicted molar refractivity (Wildman–Crippen MR) is 17.9 cm³/mol. The molecular formula is Br2PdZn. The van der Waals surface area contributed by atoms with Gasteiger partial charge in [-0.1, -0.05) is 0 Å². The third-order valence-electron chi connectivity index (χ3n) is 0. The monoisotopic (exact) mass is 328 g/mol. The van der Waals surface area contributed by atoms with Gasteiger partial charge in [0.1, 0.15) is 0 Å². The van der Waals surface area contributed by atoms with Crippen LogP contribution in [0.3, 0.4) is 0 Å². The summed E-state index contributed by atoms with van der Waals surface area (Å²) in [7, 11) is 0. The van der Waals surface area contributed by atoms with Gasteiger partial charge in [0.05, 0.1) is 0 Å². The van der Waals surface area contributed by atoms with Gasteiger partial charge >= 0.3 is 40.5 Å². The van der Waals surface area contributed by atoms with Gasteiger partial charge in [0.15, 0.2) is 0 Å². The topological polar surface area (TPSA) is 0 Å². The summed E-state index contributed by atoms with van der Waals surface area (Å²) in [5.74, 6) is 0. The van der Waals surface area contributed by atoms with Crippen molar-refractivity contribution in [2.24, 2.45) is 0 Å². The minimum Gasteiger partial charge on any atom is 0 e. The van der Waals surface area contributed by atoms with Crippen LogP contribution in [-0.2, 0) is 33.6 Å². The van der Waals surface area contributed by atoms with Gasteiger partial charge in [-0.3, -0.25) is 0 Å².